The first-order valence-electron chi connectivity index (χ1n) is 15.0. The van der Waals surface area contributed by atoms with Gasteiger partial charge in [0.2, 0.25) is 0 Å². The molecule has 4 aromatic heterocycles. The van der Waals surface area contributed by atoms with Crippen molar-refractivity contribution in [2.75, 3.05) is 38.2 Å². The Labute approximate surface area is 264 Å². The molecule has 10 nitrogen and oxygen atoms in total. The van der Waals surface area contributed by atoms with Crippen LogP contribution in [0.15, 0.2) is 55.0 Å². The first-order chi connectivity index (χ1) is 21.9. The Hall–Kier alpha value is -4.73. The molecule has 6 rings (SSSR count). The lowest BCUT2D eigenvalue weighted by Crippen LogP contribution is -2.37. The number of carbonyl (C=O) groups is 1. The molecule has 0 radical (unpaired) electrons. The highest BCUT2D eigenvalue weighted by Gasteiger charge is 2.25. The minimum Gasteiger partial charge on any atom is -0.465 e. The smallest absolute Gasteiger partial charge is 0.320 e. The van der Waals surface area contributed by atoms with Crippen molar-refractivity contribution in [1.29, 1.82) is 5.26 Å². The fraction of sp³-hybridized carbons (Fsp3) is 0.333. The van der Waals surface area contributed by atoms with Gasteiger partial charge in [0, 0.05) is 48.2 Å². The van der Waals surface area contributed by atoms with Crippen LogP contribution in [0.5, 0.6) is 0 Å². The molecule has 230 valence electrons. The van der Waals surface area contributed by atoms with Gasteiger partial charge in [-0.1, -0.05) is 18.3 Å². The fourth-order valence-corrected chi connectivity index (χ4v) is 6.55. The van der Waals surface area contributed by atoms with Gasteiger partial charge in [0.15, 0.2) is 5.13 Å². The van der Waals surface area contributed by atoms with Crippen molar-refractivity contribution >= 4 is 33.9 Å². The van der Waals surface area contributed by atoms with Crippen LogP contribution in [0, 0.1) is 17.1 Å². The number of nitrogens with zero attached hydrogens (tertiary/aromatic N) is 8. The molecule has 1 fully saturated rings. The van der Waals surface area contributed by atoms with Crippen LogP contribution in [0.3, 0.4) is 0 Å². The summed E-state index contributed by atoms with van der Waals surface area (Å²) >= 11 is 1.29. The number of thiazole rings is 1. The summed E-state index contributed by atoms with van der Waals surface area (Å²) in [4.78, 5) is 35.5. The summed E-state index contributed by atoms with van der Waals surface area (Å²) in [6, 6.07) is 12.2. The molecule has 12 heteroatoms. The maximum Gasteiger partial charge on any atom is 0.320 e. The molecule has 1 saturated heterocycles. The number of aromatic nitrogens is 5. The molecule has 1 aliphatic rings. The summed E-state index contributed by atoms with van der Waals surface area (Å²) in [5.41, 5.74) is 4.73. The Bertz CT molecular complexity index is 1850. The van der Waals surface area contributed by atoms with E-state index in [0.29, 0.717) is 40.8 Å². The number of hydrogen-bond acceptors (Lipinski definition) is 10. The van der Waals surface area contributed by atoms with Crippen LogP contribution < -0.4 is 4.90 Å². The van der Waals surface area contributed by atoms with E-state index < -0.39 is 0 Å². The second-order valence-electron chi connectivity index (χ2n) is 10.9. The number of likely N-dealkylation sites (tertiary alicyclic amines) is 1. The maximum absolute atomic E-state index is 13.5. The molecular weight excluding hydrogens is 591 g/mol. The summed E-state index contributed by atoms with van der Waals surface area (Å²) in [6.45, 7) is 6.21. The van der Waals surface area contributed by atoms with Gasteiger partial charge in [0.1, 0.15) is 39.7 Å². The van der Waals surface area contributed by atoms with E-state index in [1.54, 1.807) is 12.1 Å². The number of piperidine rings is 1. The van der Waals surface area contributed by atoms with Crippen LogP contribution in [0.25, 0.3) is 28.0 Å². The number of carbonyl (C=O) groups excluding carboxylic acids is 1. The maximum atomic E-state index is 13.5. The molecule has 0 bridgehead atoms. The van der Waals surface area contributed by atoms with E-state index in [1.165, 1.54) is 23.5 Å². The molecule has 5 aromatic rings. The molecule has 5 heterocycles. The van der Waals surface area contributed by atoms with Gasteiger partial charge in [0.25, 0.3) is 0 Å². The van der Waals surface area contributed by atoms with E-state index in [0.717, 1.165) is 60.0 Å². The number of aryl methyl sites for hydroxylation is 1. The number of imidazole rings is 1. The van der Waals surface area contributed by atoms with Gasteiger partial charge in [-0.05, 0) is 75.7 Å². The monoisotopic (exact) mass is 624 g/mol. The molecule has 0 unspecified atom stereocenters. The number of rotatable bonds is 9. The summed E-state index contributed by atoms with van der Waals surface area (Å²) in [5.74, 6) is 1.40. The summed E-state index contributed by atoms with van der Waals surface area (Å²) in [6.07, 6.45) is 8.24. The van der Waals surface area contributed by atoms with E-state index in [9.17, 15) is 14.4 Å². The topological polar surface area (TPSA) is 113 Å². The van der Waals surface area contributed by atoms with Crippen molar-refractivity contribution in [3.63, 3.8) is 0 Å². The average Bonchev–Trinajstić information content (AvgIpc) is 3.67. The lowest BCUT2D eigenvalue weighted by Gasteiger charge is -2.30. The normalized spacial score (nSPS) is 14.0. The van der Waals surface area contributed by atoms with Crippen LogP contribution >= 0.6 is 11.3 Å². The Morgan fingerprint density at radius 3 is 2.44 bits per heavy atom. The van der Waals surface area contributed by atoms with Gasteiger partial charge in [-0.25, -0.2) is 24.3 Å². The van der Waals surface area contributed by atoms with E-state index >= 15 is 0 Å². The first kappa shape index (κ1) is 30.3. The number of fused-ring (bicyclic) bond motifs is 1. The number of benzene rings is 1. The number of pyridine rings is 1. The number of halogens is 1. The third-order valence-corrected chi connectivity index (χ3v) is 9.09. The predicted molar refractivity (Wildman–Crippen MR) is 171 cm³/mol. The Kier molecular flexibility index (Phi) is 8.82. The quantitative estimate of drug-likeness (QED) is 0.182. The number of esters is 1. The molecule has 1 aliphatic heterocycles. The van der Waals surface area contributed by atoms with Crippen molar-refractivity contribution in [1.82, 2.24) is 29.2 Å². The lowest BCUT2D eigenvalue weighted by molar-refractivity contribution is -0.144. The van der Waals surface area contributed by atoms with Crippen LogP contribution in [0.1, 0.15) is 49.0 Å². The van der Waals surface area contributed by atoms with Crippen molar-refractivity contribution in [3.8, 4) is 28.5 Å². The molecule has 1 aromatic carbocycles. The third kappa shape index (κ3) is 6.27. The highest BCUT2D eigenvalue weighted by Crippen LogP contribution is 2.37. The second kappa shape index (κ2) is 13.1. The molecule has 0 spiro atoms. The van der Waals surface area contributed by atoms with Gasteiger partial charge in [0.05, 0.1) is 18.8 Å². The summed E-state index contributed by atoms with van der Waals surface area (Å²) < 4.78 is 20.7. The molecular formula is C33H33FN8O2S. The Balaban J connectivity index is 1.24. The zero-order chi connectivity index (χ0) is 31.5. The van der Waals surface area contributed by atoms with E-state index in [-0.39, 0.29) is 17.7 Å². The van der Waals surface area contributed by atoms with Crippen LogP contribution in [-0.4, -0.2) is 68.5 Å². The Morgan fingerprint density at radius 1 is 1.07 bits per heavy atom. The predicted octanol–water partition coefficient (Wildman–Crippen LogP) is 6.00. The van der Waals surface area contributed by atoms with Gasteiger partial charge in [-0.3, -0.25) is 14.1 Å². The minimum absolute atomic E-state index is 0.180. The zero-order valence-electron chi connectivity index (χ0n) is 25.4. The highest BCUT2D eigenvalue weighted by atomic mass is 32.1. The van der Waals surface area contributed by atoms with Crippen LogP contribution in [-0.2, 0) is 16.0 Å². The summed E-state index contributed by atoms with van der Waals surface area (Å²) in [7, 11) is 1.92. The van der Waals surface area contributed by atoms with Crippen molar-refractivity contribution in [2.24, 2.45) is 0 Å². The molecule has 0 atom stereocenters. The third-order valence-electron chi connectivity index (χ3n) is 8.05. The van der Waals surface area contributed by atoms with Gasteiger partial charge < -0.3 is 9.64 Å². The van der Waals surface area contributed by atoms with E-state index in [1.807, 2.05) is 54.0 Å². The van der Waals surface area contributed by atoms with Crippen LogP contribution in [0.2, 0.25) is 0 Å². The van der Waals surface area contributed by atoms with E-state index in [2.05, 4.69) is 17.9 Å². The van der Waals surface area contributed by atoms with Crippen molar-refractivity contribution in [2.45, 2.75) is 39.0 Å². The zero-order valence-corrected chi connectivity index (χ0v) is 26.2. The molecule has 45 heavy (non-hydrogen) atoms. The second-order valence-corrected chi connectivity index (χ2v) is 11.9. The molecule has 0 amide bonds. The van der Waals surface area contributed by atoms with Crippen molar-refractivity contribution in [3.05, 3.63) is 77.2 Å². The average molecular weight is 625 g/mol. The van der Waals surface area contributed by atoms with E-state index in [4.69, 9.17) is 24.7 Å². The van der Waals surface area contributed by atoms with Gasteiger partial charge in [-0.15, -0.1) is 0 Å². The fourth-order valence-electron chi connectivity index (χ4n) is 5.70. The number of nitriles is 1. The van der Waals surface area contributed by atoms with Gasteiger partial charge in [-0.2, -0.15) is 5.26 Å². The van der Waals surface area contributed by atoms with Crippen LogP contribution in [0.4, 0.5) is 15.3 Å². The number of hydrogen-bond donors (Lipinski definition) is 0. The molecule has 0 saturated carbocycles. The molecule has 0 aliphatic carbocycles. The largest absolute Gasteiger partial charge is 0.465 e. The lowest BCUT2D eigenvalue weighted by atomic mass is 9.96. The minimum atomic E-state index is -0.341. The standard InChI is InChI=1S/C33H33FN8O2S/c1-4-26-32(40(3)33-39-30(27(16-35)45-33)21-6-9-25(34)10-7-21)42-19-23(8-11-28(42)38-26)24-17-36-31(37-18-24)22-12-14-41(15-13-22)20-29(43)44-5-2/h6-11,17-19,22H,4-5,12-15,20H2,1-3H3. The first-order valence-corrected chi connectivity index (χ1v) is 15.8. The SMILES string of the molecule is CCOC(=O)CN1CCC(c2ncc(-c3ccc4nc(CC)c(N(C)c5nc(-c6ccc(F)cc6)c(C#N)s5)n4c3)cn2)CC1. The Morgan fingerprint density at radius 2 is 1.78 bits per heavy atom. The number of anilines is 2. The summed E-state index contributed by atoms with van der Waals surface area (Å²) in [5, 5.41) is 10.5. The number of ether oxygens (including phenoxy) is 1. The van der Waals surface area contributed by atoms with Gasteiger partial charge >= 0.3 is 5.97 Å². The van der Waals surface area contributed by atoms with Crippen molar-refractivity contribution < 1.29 is 13.9 Å². The molecule has 0 N–H and O–H groups in total. The highest BCUT2D eigenvalue weighted by molar-refractivity contribution is 7.16.